The zero-order valence-corrected chi connectivity index (χ0v) is 12.8. The first kappa shape index (κ1) is 15.1. The minimum atomic E-state index is -0.0103. The Morgan fingerprint density at radius 1 is 1.36 bits per heavy atom. The zero-order chi connectivity index (χ0) is 15.6. The molecule has 1 aromatic heterocycles. The number of likely N-dealkylation sites (tertiary alicyclic amines) is 2. The highest BCUT2D eigenvalue weighted by Crippen LogP contribution is 2.39. The van der Waals surface area contributed by atoms with Crippen molar-refractivity contribution in [2.75, 3.05) is 32.8 Å². The lowest BCUT2D eigenvalue weighted by Crippen LogP contribution is -2.55. The number of H-pyrrole nitrogens is 1. The number of amides is 2. The molecule has 120 valence electrons. The van der Waals surface area contributed by atoms with Crippen LogP contribution >= 0.6 is 0 Å². The molecule has 1 aromatic rings. The van der Waals surface area contributed by atoms with Gasteiger partial charge in [-0.3, -0.25) is 9.59 Å². The second kappa shape index (κ2) is 6.12. The van der Waals surface area contributed by atoms with E-state index in [9.17, 15) is 9.59 Å². The van der Waals surface area contributed by atoms with Crippen LogP contribution in [-0.4, -0.2) is 64.5 Å². The van der Waals surface area contributed by atoms with Crippen molar-refractivity contribution in [3.63, 3.8) is 0 Å². The van der Waals surface area contributed by atoms with E-state index in [2.05, 4.69) is 4.98 Å². The van der Waals surface area contributed by atoms with Gasteiger partial charge in [0.05, 0.1) is 6.61 Å². The van der Waals surface area contributed by atoms with Gasteiger partial charge >= 0.3 is 0 Å². The molecule has 0 unspecified atom stereocenters. The monoisotopic (exact) mass is 305 g/mol. The van der Waals surface area contributed by atoms with Gasteiger partial charge in [-0.1, -0.05) is 0 Å². The van der Waals surface area contributed by atoms with Crippen LogP contribution in [0.2, 0.25) is 0 Å². The van der Waals surface area contributed by atoms with Crippen molar-refractivity contribution in [3.8, 4) is 0 Å². The Hall–Kier alpha value is -1.82. The van der Waals surface area contributed by atoms with Gasteiger partial charge in [0.25, 0.3) is 5.91 Å². The molecular weight excluding hydrogens is 282 g/mol. The number of piperidine rings is 2. The van der Waals surface area contributed by atoms with Gasteiger partial charge in [-0.05, 0) is 31.4 Å². The first-order chi connectivity index (χ1) is 10.6. The molecule has 3 rings (SSSR count). The molecule has 6 nitrogen and oxygen atoms in total. The van der Waals surface area contributed by atoms with Gasteiger partial charge in [-0.25, -0.2) is 0 Å². The molecule has 2 aliphatic rings. The third kappa shape index (κ3) is 2.88. The minimum Gasteiger partial charge on any atom is -0.395 e. The predicted octanol–water partition coefficient (Wildman–Crippen LogP) is 0.852. The highest BCUT2D eigenvalue weighted by Gasteiger charge is 2.42. The molecule has 3 heterocycles. The molecular formula is C16H23N3O3. The molecule has 1 spiro atoms. The van der Waals surface area contributed by atoms with E-state index < -0.39 is 0 Å². The number of rotatable bonds is 3. The van der Waals surface area contributed by atoms with Gasteiger partial charge in [0.1, 0.15) is 5.69 Å². The molecule has 2 saturated heterocycles. The molecule has 0 aliphatic carbocycles. The summed E-state index contributed by atoms with van der Waals surface area (Å²) in [5.41, 5.74) is 0.611. The molecule has 22 heavy (non-hydrogen) atoms. The molecule has 2 N–H and O–H groups in total. The third-order valence-corrected chi connectivity index (χ3v) is 4.90. The van der Waals surface area contributed by atoms with E-state index in [1.54, 1.807) is 17.2 Å². The van der Waals surface area contributed by atoms with Crippen LogP contribution in [0, 0.1) is 5.41 Å². The Labute approximate surface area is 130 Å². The number of aliphatic hydroxyl groups is 1. The Bertz CT molecular complexity index is 543. The molecule has 2 fully saturated rings. The Kier molecular flexibility index (Phi) is 4.20. The van der Waals surface area contributed by atoms with Crippen molar-refractivity contribution in [1.29, 1.82) is 0 Å². The number of aromatic amines is 1. The fourth-order valence-corrected chi connectivity index (χ4v) is 3.77. The van der Waals surface area contributed by atoms with Crippen LogP contribution in [0.4, 0.5) is 0 Å². The first-order valence-corrected chi connectivity index (χ1v) is 7.95. The first-order valence-electron chi connectivity index (χ1n) is 7.95. The normalized spacial score (nSPS) is 25.8. The van der Waals surface area contributed by atoms with Crippen LogP contribution in [0.5, 0.6) is 0 Å². The lowest BCUT2D eigenvalue weighted by molar-refractivity contribution is -0.139. The number of nitrogens with one attached hydrogen (secondary N) is 1. The van der Waals surface area contributed by atoms with Crippen LogP contribution in [-0.2, 0) is 4.79 Å². The molecule has 1 atom stereocenters. The summed E-state index contributed by atoms with van der Waals surface area (Å²) in [5, 5.41) is 9.13. The maximum Gasteiger partial charge on any atom is 0.270 e. The number of hydrogen-bond acceptors (Lipinski definition) is 3. The van der Waals surface area contributed by atoms with Crippen LogP contribution in [0.15, 0.2) is 18.3 Å². The Morgan fingerprint density at radius 3 is 2.95 bits per heavy atom. The minimum absolute atomic E-state index is 0.00700. The van der Waals surface area contributed by atoms with Crippen molar-refractivity contribution in [3.05, 3.63) is 24.0 Å². The molecule has 0 radical (unpaired) electrons. The van der Waals surface area contributed by atoms with Crippen LogP contribution in [0.25, 0.3) is 0 Å². The standard InChI is InChI=1S/C16H23N3O3/c20-10-9-18-11-16(6-4-14(18)21)5-2-8-19(12-16)15(22)13-3-1-7-17-13/h1,3,7,17,20H,2,4-6,8-12H2/t16-/m1/s1. The number of carbonyl (C=O) groups excluding carboxylic acids is 2. The molecule has 2 amide bonds. The van der Waals surface area contributed by atoms with E-state index in [4.69, 9.17) is 5.11 Å². The van der Waals surface area contributed by atoms with Gasteiger partial charge in [0.15, 0.2) is 0 Å². The van der Waals surface area contributed by atoms with Crippen LogP contribution < -0.4 is 0 Å². The average Bonchev–Trinajstić information content (AvgIpc) is 3.05. The van der Waals surface area contributed by atoms with Gasteiger partial charge in [-0.15, -0.1) is 0 Å². The summed E-state index contributed by atoms with van der Waals surface area (Å²) in [6, 6.07) is 3.63. The van der Waals surface area contributed by atoms with Crippen molar-refractivity contribution in [2.45, 2.75) is 25.7 Å². The number of nitrogens with zero attached hydrogens (tertiary/aromatic N) is 2. The Balaban J connectivity index is 1.72. The molecule has 0 aromatic carbocycles. The van der Waals surface area contributed by atoms with Crippen molar-refractivity contribution in [2.24, 2.45) is 5.41 Å². The van der Waals surface area contributed by atoms with Gasteiger partial charge in [-0.2, -0.15) is 0 Å². The summed E-state index contributed by atoms with van der Waals surface area (Å²) < 4.78 is 0. The number of aliphatic hydroxyl groups excluding tert-OH is 1. The highest BCUT2D eigenvalue weighted by molar-refractivity contribution is 5.92. The summed E-state index contributed by atoms with van der Waals surface area (Å²) in [6.07, 6.45) is 5.12. The Morgan fingerprint density at radius 2 is 2.23 bits per heavy atom. The van der Waals surface area contributed by atoms with Gasteiger partial charge in [0, 0.05) is 44.2 Å². The van der Waals surface area contributed by atoms with E-state index in [1.807, 2.05) is 11.0 Å². The van der Waals surface area contributed by atoms with Crippen LogP contribution in [0.1, 0.15) is 36.2 Å². The smallest absolute Gasteiger partial charge is 0.270 e. The van der Waals surface area contributed by atoms with Crippen molar-refractivity contribution in [1.82, 2.24) is 14.8 Å². The van der Waals surface area contributed by atoms with E-state index in [0.29, 0.717) is 31.7 Å². The fraction of sp³-hybridized carbons (Fsp3) is 0.625. The second-order valence-corrected chi connectivity index (χ2v) is 6.45. The fourth-order valence-electron chi connectivity index (χ4n) is 3.77. The summed E-state index contributed by atoms with van der Waals surface area (Å²) in [5.74, 6) is 0.155. The number of β-amino-alcohol motifs (C(OH)–C–C–N with tert-alkyl or cyclic N) is 1. The zero-order valence-electron chi connectivity index (χ0n) is 12.8. The van der Waals surface area contributed by atoms with Crippen molar-refractivity contribution < 1.29 is 14.7 Å². The summed E-state index contributed by atoms with van der Waals surface area (Å²) >= 11 is 0. The number of hydrogen-bond donors (Lipinski definition) is 2. The van der Waals surface area contributed by atoms with Crippen LogP contribution in [0.3, 0.4) is 0 Å². The summed E-state index contributed by atoms with van der Waals surface area (Å²) in [4.78, 5) is 31.1. The van der Waals surface area contributed by atoms with Gasteiger partial charge in [0.2, 0.25) is 5.91 Å². The highest BCUT2D eigenvalue weighted by atomic mass is 16.3. The maximum absolute atomic E-state index is 12.5. The lowest BCUT2D eigenvalue weighted by atomic mass is 9.73. The van der Waals surface area contributed by atoms with Gasteiger partial charge < -0.3 is 19.9 Å². The number of aromatic nitrogens is 1. The van der Waals surface area contributed by atoms with E-state index in [-0.39, 0.29) is 23.8 Å². The molecule has 0 saturated carbocycles. The van der Waals surface area contributed by atoms with E-state index >= 15 is 0 Å². The second-order valence-electron chi connectivity index (χ2n) is 6.45. The van der Waals surface area contributed by atoms with Crippen molar-refractivity contribution >= 4 is 11.8 Å². The number of carbonyl (C=O) groups is 2. The summed E-state index contributed by atoms with van der Waals surface area (Å²) in [7, 11) is 0. The summed E-state index contributed by atoms with van der Waals surface area (Å²) in [6.45, 7) is 2.51. The van der Waals surface area contributed by atoms with E-state index in [0.717, 1.165) is 25.8 Å². The SMILES string of the molecule is O=C1CC[C@]2(CCCN(C(=O)c3ccc[nH]3)C2)CN1CCO. The lowest BCUT2D eigenvalue weighted by Gasteiger charge is -2.48. The molecule has 2 aliphatic heterocycles. The maximum atomic E-state index is 12.5. The molecule has 0 bridgehead atoms. The largest absolute Gasteiger partial charge is 0.395 e. The average molecular weight is 305 g/mol. The van der Waals surface area contributed by atoms with E-state index in [1.165, 1.54) is 0 Å². The predicted molar refractivity (Wildman–Crippen MR) is 81.3 cm³/mol. The molecule has 6 heteroatoms. The quantitative estimate of drug-likeness (QED) is 0.869. The third-order valence-electron chi connectivity index (χ3n) is 4.90. The topological polar surface area (TPSA) is 76.6 Å².